The van der Waals surface area contributed by atoms with Crippen LogP contribution in [0.25, 0.3) is 0 Å². The van der Waals surface area contributed by atoms with Gasteiger partial charge in [-0.3, -0.25) is 15.0 Å². The van der Waals surface area contributed by atoms with Gasteiger partial charge in [0.15, 0.2) is 0 Å². The molecule has 0 aliphatic carbocycles. The minimum absolute atomic E-state index is 0.0550. The zero-order chi connectivity index (χ0) is 15.4. The van der Waals surface area contributed by atoms with Gasteiger partial charge in [-0.15, -0.1) is 0 Å². The second-order valence-electron chi connectivity index (χ2n) is 4.81. The van der Waals surface area contributed by atoms with Crippen LogP contribution < -0.4 is 5.32 Å². The number of anilines is 1. The van der Waals surface area contributed by atoms with E-state index >= 15 is 0 Å². The number of nitrogens with one attached hydrogen (secondary N) is 1. The van der Waals surface area contributed by atoms with Gasteiger partial charge in [-0.2, -0.15) is 0 Å². The summed E-state index contributed by atoms with van der Waals surface area (Å²) in [6, 6.07) is 2.40. The Labute approximate surface area is 135 Å². The van der Waals surface area contributed by atoms with Gasteiger partial charge in [-0.25, -0.2) is 4.39 Å². The summed E-state index contributed by atoms with van der Waals surface area (Å²) in [7, 11) is 0. The third-order valence-electron chi connectivity index (χ3n) is 3.43. The number of rotatable bonds is 5. The molecule has 8 heteroatoms. The van der Waals surface area contributed by atoms with Crippen molar-refractivity contribution in [3.63, 3.8) is 0 Å². The summed E-state index contributed by atoms with van der Waals surface area (Å²) < 4.78 is 19.4. The van der Waals surface area contributed by atoms with E-state index in [4.69, 9.17) is 4.74 Å². The van der Waals surface area contributed by atoms with Crippen molar-refractivity contribution in [1.82, 2.24) is 4.90 Å². The maximum atomic E-state index is 13.6. The highest BCUT2D eigenvalue weighted by Crippen LogP contribution is 2.28. The van der Waals surface area contributed by atoms with Crippen LogP contribution in [0.1, 0.15) is 6.92 Å². The van der Waals surface area contributed by atoms with Crippen molar-refractivity contribution in [3.8, 4) is 0 Å². The molecule has 1 aliphatic rings. The van der Waals surface area contributed by atoms with Crippen molar-refractivity contribution in [2.45, 2.75) is 13.0 Å². The number of ether oxygens (including phenoxy) is 1. The molecule has 1 unspecified atom stereocenters. The van der Waals surface area contributed by atoms with Crippen LogP contribution in [0.4, 0.5) is 15.8 Å². The average molecular weight is 409 g/mol. The molecule has 1 saturated heterocycles. The molecule has 2 rings (SSSR count). The highest BCUT2D eigenvalue weighted by atomic mass is 127. The van der Waals surface area contributed by atoms with Crippen LogP contribution in [-0.2, 0) is 4.74 Å². The normalized spacial score (nSPS) is 19.5. The lowest BCUT2D eigenvalue weighted by Gasteiger charge is -2.32. The summed E-state index contributed by atoms with van der Waals surface area (Å²) in [6.07, 6.45) is -0.0550. The third-order valence-corrected chi connectivity index (χ3v) is 4.25. The Hall–Kier alpha value is -1.00. The Kier molecular flexibility index (Phi) is 5.71. The van der Waals surface area contributed by atoms with E-state index < -0.39 is 10.7 Å². The predicted octanol–water partition coefficient (Wildman–Crippen LogP) is 2.47. The summed E-state index contributed by atoms with van der Waals surface area (Å²) in [6.45, 7) is 5.74. The molecule has 6 nitrogen and oxygen atoms in total. The van der Waals surface area contributed by atoms with Crippen LogP contribution in [0.5, 0.6) is 0 Å². The molecule has 0 spiro atoms. The standard InChI is InChI=1S/C13H17FIN3O3/c1-2-17-3-4-21-9(8-17)7-16-12-5-10(14)11(15)6-13(12)18(19)20/h5-6,9,16H,2-4,7-8H2,1H3. The number of benzene rings is 1. The van der Waals surface area contributed by atoms with E-state index in [0.717, 1.165) is 19.6 Å². The summed E-state index contributed by atoms with van der Waals surface area (Å²) in [5.41, 5.74) is 0.0686. The summed E-state index contributed by atoms with van der Waals surface area (Å²) in [4.78, 5) is 12.8. The fraction of sp³-hybridized carbons (Fsp3) is 0.538. The van der Waals surface area contributed by atoms with Crippen molar-refractivity contribution >= 4 is 34.0 Å². The van der Waals surface area contributed by atoms with E-state index in [-0.39, 0.29) is 21.0 Å². The van der Waals surface area contributed by atoms with Gasteiger partial charge in [-0.05, 0) is 29.1 Å². The van der Waals surface area contributed by atoms with Gasteiger partial charge in [0.2, 0.25) is 0 Å². The lowest BCUT2D eigenvalue weighted by molar-refractivity contribution is -0.384. The monoisotopic (exact) mass is 409 g/mol. The first-order valence-electron chi connectivity index (χ1n) is 6.72. The molecule has 1 heterocycles. The lowest BCUT2D eigenvalue weighted by Crippen LogP contribution is -2.45. The lowest BCUT2D eigenvalue weighted by atomic mass is 10.2. The van der Waals surface area contributed by atoms with Crippen LogP contribution >= 0.6 is 22.6 Å². The number of hydrogen-bond acceptors (Lipinski definition) is 5. The van der Waals surface area contributed by atoms with E-state index in [2.05, 4.69) is 17.1 Å². The molecule has 116 valence electrons. The molecule has 1 N–H and O–H groups in total. The van der Waals surface area contributed by atoms with Crippen LogP contribution in [0.15, 0.2) is 12.1 Å². The van der Waals surface area contributed by atoms with E-state index in [0.29, 0.717) is 13.2 Å². The van der Waals surface area contributed by atoms with Gasteiger partial charge in [0.1, 0.15) is 11.5 Å². The van der Waals surface area contributed by atoms with E-state index in [1.54, 1.807) is 22.6 Å². The molecule has 1 aromatic carbocycles. The van der Waals surface area contributed by atoms with Crippen LogP contribution in [0, 0.1) is 19.5 Å². The molecular weight excluding hydrogens is 392 g/mol. The third kappa shape index (κ3) is 4.24. The first kappa shape index (κ1) is 16.4. The largest absolute Gasteiger partial charge is 0.377 e. The fourth-order valence-corrected chi connectivity index (χ4v) is 2.69. The highest BCUT2D eigenvalue weighted by Gasteiger charge is 2.22. The molecule has 0 aromatic heterocycles. The Balaban J connectivity index is 2.05. The minimum Gasteiger partial charge on any atom is -0.377 e. The molecule has 1 aromatic rings. The van der Waals surface area contributed by atoms with Gasteiger partial charge in [0.05, 0.1) is 21.2 Å². The first-order valence-corrected chi connectivity index (χ1v) is 7.80. The molecule has 1 fully saturated rings. The summed E-state index contributed by atoms with van der Waals surface area (Å²) >= 11 is 1.74. The SMILES string of the molecule is CCN1CCOC(CNc2cc(F)c(I)cc2[N+](=O)[O-])C1. The van der Waals surface area contributed by atoms with Crippen molar-refractivity contribution in [2.75, 3.05) is 38.1 Å². The van der Waals surface area contributed by atoms with Crippen LogP contribution in [0.2, 0.25) is 0 Å². The number of hydrogen-bond donors (Lipinski definition) is 1. The van der Waals surface area contributed by atoms with Gasteiger partial charge >= 0.3 is 0 Å². The van der Waals surface area contributed by atoms with Crippen LogP contribution in [0.3, 0.4) is 0 Å². The van der Waals surface area contributed by atoms with Gasteiger partial charge < -0.3 is 10.1 Å². The molecule has 0 bridgehead atoms. The highest BCUT2D eigenvalue weighted by molar-refractivity contribution is 14.1. The summed E-state index contributed by atoms with van der Waals surface area (Å²) in [5.74, 6) is -0.469. The number of likely N-dealkylation sites (N-methyl/N-ethyl adjacent to an activating group) is 1. The topological polar surface area (TPSA) is 67.6 Å². The number of morpholine rings is 1. The van der Waals surface area contributed by atoms with E-state index in [9.17, 15) is 14.5 Å². The van der Waals surface area contributed by atoms with E-state index in [1.165, 1.54) is 12.1 Å². The Morgan fingerprint density at radius 1 is 1.62 bits per heavy atom. The molecule has 1 atom stereocenters. The number of nitrogens with zero attached hydrogens (tertiary/aromatic N) is 2. The zero-order valence-electron chi connectivity index (χ0n) is 11.6. The van der Waals surface area contributed by atoms with Gasteiger partial charge in [0, 0.05) is 31.8 Å². The zero-order valence-corrected chi connectivity index (χ0v) is 13.8. The maximum Gasteiger partial charge on any atom is 0.293 e. The van der Waals surface area contributed by atoms with Crippen molar-refractivity contribution in [2.24, 2.45) is 0 Å². The Morgan fingerprint density at radius 2 is 2.38 bits per heavy atom. The second-order valence-corrected chi connectivity index (χ2v) is 5.97. The number of halogens is 2. The number of nitro benzene ring substituents is 1. The molecule has 1 aliphatic heterocycles. The van der Waals surface area contributed by atoms with E-state index in [1.807, 2.05) is 0 Å². The van der Waals surface area contributed by atoms with Crippen molar-refractivity contribution < 1.29 is 14.1 Å². The van der Waals surface area contributed by atoms with Crippen molar-refractivity contribution in [3.05, 3.63) is 31.6 Å². The predicted molar refractivity (Wildman–Crippen MR) is 86.1 cm³/mol. The summed E-state index contributed by atoms with van der Waals surface area (Å²) in [5, 5.41) is 14.0. The average Bonchev–Trinajstić information content (AvgIpc) is 2.48. The smallest absolute Gasteiger partial charge is 0.293 e. The molecular formula is C13H17FIN3O3. The van der Waals surface area contributed by atoms with Crippen molar-refractivity contribution in [1.29, 1.82) is 0 Å². The molecule has 0 amide bonds. The Morgan fingerprint density at radius 3 is 3.05 bits per heavy atom. The van der Waals surface area contributed by atoms with Gasteiger partial charge in [0.25, 0.3) is 5.69 Å². The quantitative estimate of drug-likeness (QED) is 0.460. The first-order chi connectivity index (χ1) is 10.0. The minimum atomic E-state index is -0.510. The molecule has 0 radical (unpaired) electrons. The van der Waals surface area contributed by atoms with Gasteiger partial charge in [-0.1, -0.05) is 6.92 Å². The molecule has 0 saturated carbocycles. The van der Waals surface area contributed by atoms with Crippen LogP contribution in [-0.4, -0.2) is 48.7 Å². The Bertz CT molecular complexity index is 530. The number of nitro groups is 1. The fourth-order valence-electron chi connectivity index (χ4n) is 2.24. The molecule has 21 heavy (non-hydrogen) atoms. The second kappa shape index (κ2) is 7.32. The maximum absolute atomic E-state index is 13.6.